The molecule has 0 bridgehead atoms. The van der Waals surface area contributed by atoms with Crippen LogP contribution in [0.5, 0.6) is 0 Å². The van der Waals surface area contributed by atoms with E-state index in [0.29, 0.717) is 18.2 Å². The first-order chi connectivity index (χ1) is 9.81. The van der Waals surface area contributed by atoms with Crippen molar-refractivity contribution in [2.75, 3.05) is 6.54 Å². The van der Waals surface area contributed by atoms with Gasteiger partial charge in [0.2, 0.25) is 0 Å². The van der Waals surface area contributed by atoms with Gasteiger partial charge in [-0.15, -0.1) is 24.0 Å². The molecular weight excluding hydrogens is 375 g/mol. The van der Waals surface area contributed by atoms with E-state index in [9.17, 15) is 0 Å². The van der Waals surface area contributed by atoms with E-state index < -0.39 is 0 Å². The van der Waals surface area contributed by atoms with Crippen LogP contribution < -0.4 is 10.6 Å². The van der Waals surface area contributed by atoms with Gasteiger partial charge in [0.1, 0.15) is 0 Å². The number of hydrogen-bond acceptors (Lipinski definition) is 2. The molecule has 1 fully saturated rings. The second-order valence-electron chi connectivity index (χ2n) is 5.13. The van der Waals surface area contributed by atoms with E-state index in [1.807, 2.05) is 24.3 Å². The monoisotopic (exact) mass is 398 g/mol. The number of nitriles is 1. The smallest absolute Gasteiger partial charge is 0.191 e. The highest BCUT2D eigenvalue weighted by Crippen LogP contribution is 2.17. The summed E-state index contributed by atoms with van der Waals surface area (Å²) in [6.45, 7) is 3.52. The van der Waals surface area contributed by atoms with Crippen LogP contribution in [-0.4, -0.2) is 18.5 Å². The predicted octanol–water partition coefficient (Wildman–Crippen LogP) is 3.17. The van der Waals surface area contributed by atoms with Gasteiger partial charge in [-0.05, 0) is 37.5 Å². The van der Waals surface area contributed by atoms with Crippen LogP contribution in [0, 0.1) is 11.3 Å². The molecule has 1 aliphatic rings. The number of aliphatic imine (C=N–C) groups is 1. The van der Waals surface area contributed by atoms with Gasteiger partial charge in [0.25, 0.3) is 0 Å². The van der Waals surface area contributed by atoms with Crippen molar-refractivity contribution in [1.29, 1.82) is 5.26 Å². The largest absolute Gasteiger partial charge is 0.357 e. The third-order valence-corrected chi connectivity index (χ3v) is 3.52. The molecule has 0 unspecified atom stereocenters. The summed E-state index contributed by atoms with van der Waals surface area (Å²) in [5, 5.41) is 15.7. The van der Waals surface area contributed by atoms with E-state index >= 15 is 0 Å². The second kappa shape index (κ2) is 9.61. The number of halogens is 1. The molecule has 0 saturated heterocycles. The van der Waals surface area contributed by atoms with Crippen LogP contribution >= 0.6 is 24.0 Å². The van der Waals surface area contributed by atoms with Crippen LogP contribution in [0.1, 0.15) is 43.7 Å². The lowest BCUT2D eigenvalue weighted by atomic mass is 10.1. The Balaban J connectivity index is 0.00000220. The molecular formula is C16H23IN4. The van der Waals surface area contributed by atoms with Gasteiger partial charge in [0, 0.05) is 12.6 Å². The quantitative estimate of drug-likeness (QED) is 0.465. The van der Waals surface area contributed by atoms with Gasteiger partial charge in [0.15, 0.2) is 5.96 Å². The average molecular weight is 398 g/mol. The highest BCUT2D eigenvalue weighted by atomic mass is 127. The summed E-state index contributed by atoms with van der Waals surface area (Å²) < 4.78 is 0. The van der Waals surface area contributed by atoms with Crippen LogP contribution in [0.2, 0.25) is 0 Å². The number of guanidine groups is 1. The average Bonchev–Trinajstić information content (AvgIpc) is 2.98. The van der Waals surface area contributed by atoms with E-state index in [1.165, 1.54) is 25.7 Å². The maximum Gasteiger partial charge on any atom is 0.191 e. The highest BCUT2D eigenvalue weighted by Gasteiger charge is 2.15. The lowest BCUT2D eigenvalue weighted by Gasteiger charge is -2.16. The van der Waals surface area contributed by atoms with E-state index in [2.05, 4.69) is 28.6 Å². The first-order valence-corrected chi connectivity index (χ1v) is 7.35. The minimum Gasteiger partial charge on any atom is -0.357 e. The maximum absolute atomic E-state index is 8.90. The zero-order valence-electron chi connectivity index (χ0n) is 12.4. The molecule has 21 heavy (non-hydrogen) atoms. The van der Waals surface area contributed by atoms with Crippen molar-refractivity contribution in [3.63, 3.8) is 0 Å². The standard InChI is InChI=1S/C16H22N4.HI/c1-2-18-16(20-15-8-3-4-9-15)19-12-14-7-5-6-13(10-14)11-17;/h5-7,10,15H,2-4,8-9,12H2,1H3,(H2,18,19,20);1H. The molecule has 1 aliphatic carbocycles. The molecule has 0 amide bonds. The second-order valence-corrected chi connectivity index (χ2v) is 5.13. The lowest BCUT2D eigenvalue weighted by molar-refractivity contribution is 0.614. The Labute approximate surface area is 144 Å². The van der Waals surface area contributed by atoms with Gasteiger partial charge >= 0.3 is 0 Å². The molecule has 0 aliphatic heterocycles. The summed E-state index contributed by atoms with van der Waals surface area (Å²) in [5.41, 5.74) is 1.75. The van der Waals surface area contributed by atoms with Crippen LogP contribution in [0.3, 0.4) is 0 Å². The number of nitrogens with one attached hydrogen (secondary N) is 2. The van der Waals surface area contributed by atoms with Gasteiger partial charge in [0.05, 0.1) is 18.2 Å². The maximum atomic E-state index is 8.90. The Bertz CT molecular complexity index is 501. The molecule has 5 heteroatoms. The van der Waals surface area contributed by atoms with Crippen LogP contribution in [-0.2, 0) is 6.54 Å². The minimum absolute atomic E-state index is 0. The number of hydrogen-bond donors (Lipinski definition) is 2. The molecule has 2 rings (SSSR count). The third kappa shape index (κ3) is 5.92. The van der Waals surface area contributed by atoms with Crippen molar-refractivity contribution in [3.05, 3.63) is 35.4 Å². The molecule has 0 radical (unpaired) electrons. The van der Waals surface area contributed by atoms with E-state index in [1.54, 1.807) is 0 Å². The zero-order chi connectivity index (χ0) is 14.2. The molecule has 0 atom stereocenters. The summed E-state index contributed by atoms with van der Waals surface area (Å²) in [6, 6.07) is 10.3. The molecule has 4 nitrogen and oxygen atoms in total. The van der Waals surface area contributed by atoms with Gasteiger partial charge in [-0.3, -0.25) is 0 Å². The predicted molar refractivity (Wildman–Crippen MR) is 96.8 cm³/mol. The molecule has 114 valence electrons. The van der Waals surface area contributed by atoms with Crippen molar-refractivity contribution in [2.24, 2.45) is 4.99 Å². The normalized spacial score (nSPS) is 15.1. The highest BCUT2D eigenvalue weighted by molar-refractivity contribution is 14.0. The van der Waals surface area contributed by atoms with Crippen LogP contribution in [0.15, 0.2) is 29.3 Å². The first-order valence-electron chi connectivity index (χ1n) is 7.35. The topological polar surface area (TPSA) is 60.2 Å². The lowest BCUT2D eigenvalue weighted by Crippen LogP contribution is -2.42. The van der Waals surface area contributed by atoms with E-state index in [-0.39, 0.29) is 24.0 Å². The Hall–Kier alpha value is -1.29. The summed E-state index contributed by atoms with van der Waals surface area (Å²) in [4.78, 5) is 4.61. The third-order valence-electron chi connectivity index (χ3n) is 3.52. The zero-order valence-corrected chi connectivity index (χ0v) is 14.8. The number of nitrogens with zero attached hydrogens (tertiary/aromatic N) is 2. The molecule has 0 heterocycles. The van der Waals surface area contributed by atoms with E-state index in [4.69, 9.17) is 5.26 Å². The Morgan fingerprint density at radius 3 is 2.81 bits per heavy atom. The molecule has 0 spiro atoms. The Kier molecular flexibility index (Phi) is 8.13. The van der Waals surface area contributed by atoms with Crippen LogP contribution in [0.4, 0.5) is 0 Å². The SMILES string of the molecule is CCNC(=NCc1cccc(C#N)c1)NC1CCCC1.I. The molecule has 0 aromatic heterocycles. The van der Waals surface area contributed by atoms with Gasteiger partial charge < -0.3 is 10.6 Å². The fraction of sp³-hybridized carbons (Fsp3) is 0.500. The Morgan fingerprint density at radius 1 is 1.38 bits per heavy atom. The van der Waals surface area contributed by atoms with Gasteiger partial charge in [-0.25, -0.2) is 4.99 Å². The number of rotatable bonds is 4. The molecule has 1 saturated carbocycles. The van der Waals surface area contributed by atoms with Crippen molar-refractivity contribution in [2.45, 2.75) is 45.2 Å². The van der Waals surface area contributed by atoms with Crippen molar-refractivity contribution >= 4 is 29.9 Å². The fourth-order valence-electron chi connectivity index (χ4n) is 2.49. The first kappa shape index (κ1) is 17.8. The summed E-state index contributed by atoms with van der Waals surface area (Å²) in [7, 11) is 0. The van der Waals surface area contributed by atoms with Crippen molar-refractivity contribution in [1.82, 2.24) is 10.6 Å². The van der Waals surface area contributed by atoms with Crippen molar-refractivity contribution in [3.8, 4) is 6.07 Å². The van der Waals surface area contributed by atoms with Crippen LogP contribution in [0.25, 0.3) is 0 Å². The number of benzene rings is 1. The van der Waals surface area contributed by atoms with Crippen molar-refractivity contribution < 1.29 is 0 Å². The molecule has 1 aromatic rings. The van der Waals surface area contributed by atoms with E-state index in [0.717, 1.165) is 18.1 Å². The minimum atomic E-state index is 0. The summed E-state index contributed by atoms with van der Waals surface area (Å²) >= 11 is 0. The molecule has 2 N–H and O–H groups in total. The molecule has 1 aromatic carbocycles. The fourth-order valence-corrected chi connectivity index (χ4v) is 2.49. The summed E-state index contributed by atoms with van der Waals surface area (Å²) in [5.74, 6) is 0.877. The summed E-state index contributed by atoms with van der Waals surface area (Å²) in [6.07, 6.45) is 5.07. The Morgan fingerprint density at radius 2 is 2.14 bits per heavy atom. The van der Waals surface area contributed by atoms with Gasteiger partial charge in [-0.1, -0.05) is 25.0 Å². The van der Waals surface area contributed by atoms with Gasteiger partial charge in [-0.2, -0.15) is 5.26 Å².